The summed E-state index contributed by atoms with van der Waals surface area (Å²) in [6, 6.07) is 11.1. The number of hydrogen-bond acceptors (Lipinski definition) is 4. The molecule has 2 N–H and O–H groups in total. The fraction of sp³-hybridized carbons (Fsp3) is 0.333. The van der Waals surface area contributed by atoms with Gasteiger partial charge in [-0.25, -0.2) is 0 Å². The van der Waals surface area contributed by atoms with Gasteiger partial charge in [0.05, 0.1) is 18.3 Å². The number of amides is 1. The first-order valence-electron chi connectivity index (χ1n) is 9.14. The summed E-state index contributed by atoms with van der Waals surface area (Å²) in [5.41, 5.74) is 2.49. The molecule has 1 aromatic carbocycles. The molecule has 0 bridgehead atoms. The van der Waals surface area contributed by atoms with Gasteiger partial charge in [0.1, 0.15) is 11.5 Å². The van der Waals surface area contributed by atoms with E-state index >= 15 is 0 Å². The number of hydrogen-bond donors (Lipinski definition) is 2. The topological polar surface area (TPSA) is 80.3 Å². The maximum atomic E-state index is 12.8. The number of rotatable bonds is 5. The van der Waals surface area contributed by atoms with E-state index in [2.05, 4.69) is 10.4 Å². The molecule has 1 atom stereocenters. The fourth-order valence-corrected chi connectivity index (χ4v) is 3.58. The summed E-state index contributed by atoms with van der Waals surface area (Å²) < 4.78 is 7.35. The predicted molar refractivity (Wildman–Crippen MR) is 101 cm³/mol. The van der Waals surface area contributed by atoms with Crippen molar-refractivity contribution in [2.45, 2.75) is 31.9 Å². The van der Waals surface area contributed by atoms with Gasteiger partial charge in [0, 0.05) is 29.9 Å². The lowest BCUT2D eigenvalue weighted by molar-refractivity contribution is 0.0235. The minimum absolute atomic E-state index is 0.132. The van der Waals surface area contributed by atoms with E-state index in [-0.39, 0.29) is 24.0 Å². The van der Waals surface area contributed by atoms with E-state index in [0.717, 1.165) is 22.6 Å². The van der Waals surface area contributed by atoms with Crippen LogP contribution in [0.4, 0.5) is 0 Å². The number of benzene rings is 1. The second-order valence-corrected chi connectivity index (χ2v) is 7.27. The Morgan fingerprint density at radius 2 is 2.00 bits per heavy atom. The van der Waals surface area contributed by atoms with Crippen LogP contribution in [0.1, 0.15) is 40.6 Å². The first-order chi connectivity index (χ1) is 13.0. The van der Waals surface area contributed by atoms with Crippen molar-refractivity contribution in [3.05, 3.63) is 65.7 Å². The van der Waals surface area contributed by atoms with Crippen LogP contribution in [0.15, 0.2) is 53.2 Å². The molecule has 0 saturated heterocycles. The van der Waals surface area contributed by atoms with Gasteiger partial charge >= 0.3 is 0 Å². The average Bonchev–Trinajstić information content (AvgIpc) is 3.26. The van der Waals surface area contributed by atoms with Crippen LogP contribution < -0.4 is 5.32 Å². The van der Waals surface area contributed by atoms with Crippen LogP contribution in [0.5, 0.6) is 0 Å². The van der Waals surface area contributed by atoms with Crippen molar-refractivity contribution in [3.8, 4) is 11.3 Å². The van der Waals surface area contributed by atoms with Gasteiger partial charge in [0.2, 0.25) is 0 Å². The number of nitrogens with one attached hydrogen (secondary N) is 1. The Morgan fingerprint density at radius 3 is 2.56 bits per heavy atom. The van der Waals surface area contributed by atoms with Crippen molar-refractivity contribution in [2.75, 3.05) is 0 Å². The number of aryl methyl sites for hydroxylation is 2. The molecular formula is C21H23N3O3. The Morgan fingerprint density at radius 1 is 1.26 bits per heavy atom. The third-order valence-electron chi connectivity index (χ3n) is 5.16. The normalized spacial score (nSPS) is 20.1. The molecule has 2 heterocycles. The van der Waals surface area contributed by atoms with E-state index in [1.807, 2.05) is 44.4 Å². The standard InChI is InChI=1S/C21H23N3O3/c1-13-3-8-19(27-13)14-4-6-15(7-5-14)21(26)23-20(16-9-18(25)10-16)17-11-22-24(2)12-17/h3-8,11-12,16,18,20,25H,9-10H2,1-2H3,(H,23,26). The molecule has 3 aromatic rings. The van der Waals surface area contributed by atoms with E-state index in [1.54, 1.807) is 23.0 Å². The fourth-order valence-electron chi connectivity index (χ4n) is 3.58. The van der Waals surface area contributed by atoms with Crippen molar-refractivity contribution < 1.29 is 14.3 Å². The first-order valence-corrected chi connectivity index (χ1v) is 9.14. The number of aromatic nitrogens is 2. The summed E-state index contributed by atoms with van der Waals surface area (Å²) in [6.45, 7) is 1.90. The molecule has 1 amide bonds. The van der Waals surface area contributed by atoms with Crippen LogP contribution in [0.3, 0.4) is 0 Å². The van der Waals surface area contributed by atoms with E-state index in [0.29, 0.717) is 18.4 Å². The highest BCUT2D eigenvalue weighted by Gasteiger charge is 2.36. The Balaban J connectivity index is 1.50. The lowest BCUT2D eigenvalue weighted by Crippen LogP contribution is -2.41. The Hall–Kier alpha value is -2.86. The number of aliphatic hydroxyl groups is 1. The zero-order chi connectivity index (χ0) is 19.0. The highest BCUT2D eigenvalue weighted by Crippen LogP contribution is 2.38. The van der Waals surface area contributed by atoms with Crippen molar-refractivity contribution in [1.82, 2.24) is 15.1 Å². The predicted octanol–water partition coefficient (Wildman–Crippen LogP) is 3.23. The van der Waals surface area contributed by atoms with Crippen LogP contribution in [-0.2, 0) is 7.05 Å². The number of aliphatic hydroxyl groups excluding tert-OH is 1. The van der Waals surface area contributed by atoms with Gasteiger partial charge in [-0.3, -0.25) is 9.48 Å². The molecule has 6 nitrogen and oxygen atoms in total. The summed E-state index contributed by atoms with van der Waals surface area (Å²) in [5.74, 6) is 1.73. The Bertz CT molecular complexity index is 936. The highest BCUT2D eigenvalue weighted by atomic mass is 16.3. The zero-order valence-electron chi connectivity index (χ0n) is 15.4. The first kappa shape index (κ1) is 17.5. The van der Waals surface area contributed by atoms with Crippen LogP contribution in [-0.4, -0.2) is 26.9 Å². The third kappa shape index (κ3) is 3.66. The second-order valence-electron chi connectivity index (χ2n) is 7.27. The second kappa shape index (κ2) is 7.04. The van der Waals surface area contributed by atoms with Gasteiger partial charge in [0.25, 0.3) is 5.91 Å². The van der Waals surface area contributed by atoms with Crippen molar-refractivity contribution in [2.24, 2.45) is 13.0 Å². The molecule has 0 radical (unpaired) electrons. The molecule has 140 valence electrons. The van der Waals surface area contributed by atoms with Crippen molar-refractivity contribution in [3.63, 3.8) is 0 Å². The molecule has 4 rings (SSSR count). The molecule has 1 saturated carbocycles. The minimum atomic E-state index is -0.276. The van der Waals surface area contributed by atoms with Crippen LogP contribution >= 0.6 is 0 Å². The van der Waals surface area contributed by atoms with Gasteiger partial charge in [-0.2, -0.15) is 5.10 Å². The molecule has 1 aliphatic rings. The van der Waals surface area contributed by atoms with E-state index in [4.69, 9.17) is 4.42 Å². The van der Waals surface area contributed by atoms with E-state index in [1.165, 1.54) is 0 Å². The summed E-state index contributed by atoms with van der Waals surface area (Å²) in [7, 11) is 1.85. The number of carbonyl (C=O) groups is 1. The molecule has 0 aliphatic heterocycles. The monoisotopic (exact) mass is 365 g/mol. The summed E-state index contributed by atoms with van der Waals surface area (Å²) in [5, 5.41) is 17.0. The number of furan rings is 1. The lowest BCUT2D eigenvalue weighted by Gasteiger charge is -2.37. The molecule has 2 aromatic heterocycles. The molecule has 6 heteroatoms. The maximum absolute atomic E-state index is 12.8. The quantitative estimate of drug-likeness (QED) is 0.727. The largest absolute Gasteiger partial charge is 0.461 e. The van der Waals surface area contributed by atoms with E-state index < -0.39 is 0 Å². The molecule has 27 heavy (non-hydrogen) atoms. The van der Waals surface area contributed by atoms with Crippen LogP contribution in [0.25, 0.3) is 11.3 Å². The third-order valence-corrected chi connectivity index (χ3v) is 5.16. The number of carbonyl (C=O) groups excluding carboxylic acids is 1. The van der Waals surface area contributed by atoms with Gasteiger partial charge in [0.15, 0.2) is 0 Å². The smallest absolute Gasteiger partial charge is 0.251 e. The molecule has 1 unspecified atom stereocenters. The maximum Gasteiger partial charge on any atom is 0.251 e. The van der Waals surface area contributed by atoms with Crippen LogP contribution in [0, 0.1) is 12.8 Å². The van der Waals surface area contributed by atoms with Gasteiger partial charge in [-0.15, -0.1) is 0 Å². The van der Waals surface area contributed by atoms with E-state index in [9.17, 15) is 9.90 Å². The van der Waals surface area contributed by atoms with Crippen LogP contribution in [0.2, 0.25) is 0 Å². The molecular weight excluding hydrogens is 342 g/mol. The highest BCUT2D eigenvalue weighted by molar-refractivity contribution is 5.94. The molecule has 0 spiro atoms. The van der Waals surface area contributed by atoms with Gasteiger partial charge in [-0.05, 0) is 49.9 Å². The van der Waals surface area contributed by atoms with Gasteiger partial charge in [-0.1, -0.05) is 12.1 Å². The zero-order valence-corrected chi connectivity index (χ0v) is 15.4. The lowest BCUT2D eigenvalue weighted by atomic mass is 9.75. The number of nitrogens with zero attached hydrogens (tertiary/aromatic N) is 2. The summed E-state index contributed by atoms with van der Waals surface area (Å²) >= 11 is 0. The van der Waals surface area contributed by atoms with Crippen molar-refractivity contribution in [1.29, 1.82) is 0 Å². The molecule has 1 aliphatic carbocycles. The summed E-state index contributed by atoms with van der Waals surface area (Å²) in [6.07, 6.45) is 4.80. The van der Waals surface area contributed by atoms with Gasteiger partial charge < -0.3 is 14.8 Å². The SMILES string of the molecule is Cc1ccc(-c2ccc(C(=O)NC(c3cnn(C)c3)C3CC(O)C3)cc2)o1. The van der Waals surface area contributed by atoms with Crippen molar-refractivity contribution >= 4 is 5.91 Å². The Labute approximate surface area is 157 Å². The summed E-state index contributed by atoms with van der Waals surface area (Å²) in [4.78, 5) is 12.8. The average molecular weight is 365 g/mol. The molecule has 1 fully saturated rings. The Kier molecular flexibility index (Phi) is 4.58. The minimum Gasteiger partial charge on any atom is -0.461 e.